The van der Waals surface area contributed by atoms with E-state index < -0.39 is 17.8 Å². The summed E-state index contributed by atoms with van der Waals surface area (Å²) < 4.78 is 12.6. The van der Waals surface area contributed by atoms with Crippen molar-refractivity contribution in [3.8, 4) is 28.8 Å². The fourth-order valence-corrected chi connectivity index (χ4v) is 4.79. The van der Waals surface area contributed by atoms with E-state index in [9.17, 15) is 19.6 Å². The molecule has 0 unspecified atom stereocenters. The van der Waals surface area contributed by atoms with E-state index in [2.05, 4.69) is 6.92 Å². The molecule has 0 fully saturated rings. The number of benzene rings is 2. The Morgan fingerprint density at radius 2 is 1.72 bits per heavy atom. The van der Waals surface area contributed by atoms with Crippen LogP contribution in [0.15, 0.2) is 77.5 Å². The molecule has 2 amide bonds. The summed E-state index contributed by atoms with van der Waals surface area (Å²) in [4.78, 5) is 38.8. The third-order valence-electron chi connectivity index (χ3n) is 7.11. The van der Waals surface area contributed by atoms with Crippen LogP contribution in [0.5, 0.6) is 5.75 Å². The third-order valence-corrected chi connectivity index (χ3v) is 7.11. The monoisotopic (exact) mass is 580 g/mol. The zero-order valence-electron chi connectivity index (χ0n) is 24.8. The van der Waals surface area contributed by atoms with E-state index in [1.807, 2.05) is 66.9 Å². The topological polar surface area (TPSA) is 115 Å². The Morgan fingerprint density at radius 3 is 2.40 bits per heavy atom. The van der Waals surface area contributed by atoms with Gasteiger partial charge in [-0.1, -0.05) is 44.4 Å². The fraction of sp³-hybridized carbons (Fsp3) is 0.324. The second-order valence-corrected chi connectivity index (χ2v) is 10.3. The van der Waals surface area contributed by atoms with Crippen LogP contribution in [0.4, 0.5) is 0 Å². The van der Waals surface area contributed by atoms with Crippen molar-refractivity contribution in [3.63, 3.8) is 0 Å². The van der Waals surface area contributed by atoms with Crippen molar-refractivity contribution in [1.82, 2.24) is 14.7 Å². The summed E-state index contributed by atoms with van der Waals surface area (Å²) in [7, 11) is 0. The van der Waals surface area contributed by atoms with Crippen LogP contribution in [0.3, 0.4) is 0 Å². The molecule has 222 valence electrons. The van der Waals surface area contributed by atoms with Crippen molar-refractivity contribution < 1.29 is 23.9 Å². The quantitative estimate of drug-likeness (QED) is 0.105. The van der Waals surface area contributed by atoms with E-state index in [4.69, 9.17) is 14.6 Å². The van der Waals surface area contributed by atoms with Crippen molar-refractivity contribution in [2.24, 2.45) is 0 Å². The summed E-state index contributed by atoms with van der Waals surface area (Å²) in [5, 5.41) is 14.6. The maximum atomic E-state index is 13.6. The number of ether oxygens (including phenoxy) is 2. The van der Waals surface area contributed by atoms with Crippen LogP contribution in [-0.2, 0) is 19.1 Å². The molecule has 43 heavy (non-hydrogen) atoms. The Hall–Kier alpha value is -4.97. The Bertz CT molecular complexity index is 1560. The van der Waals surface area contributed by atoms with Gasteiger partial charge in [0.1, 0.15) is 17.4 Å². The smallest absolute Gasteiger partial charge is 0.302 e. The number of hydrogen-bond donors (Lipinski definition) is 0. The number of aromatic nitrogens is 2. The van der Waals surface area contributed by atoms with Crippen LogP contribution in [0.25, 0.3) is 23.0 Å². The van der Waals surface area contributed by atoms with Gasteiger partial charge < -0.3 is 9.47 Å². The number of imide groups is 1. The first-order chi connectivity index (χ1) is 20.8. The van der Waals surface area contributed by atoms with Gasteiger partial charge >= 0.3 is 5.97 Å². The molecule has 0 N–H and O–H groups in total. The molecule has 2 aromatic carbocycles. The summed E-state index contributed by atoms with van der Waals surface area (Å²) in [6, 6.07) is 19.2. The zero-order chi connectivity index (χ0) is 30.8. The number of nitrogens with zero attached hydrogens (tertiary/aromatic N) is 4. The lowest BCUT2D eigenvalue weighted by molar-refractivity contribution is -0.141. The van der Waals surface area contributed by atoms with Gasteiger partial charge in [0.25, 0.3) is 11.8 Å². The number of nitriles is 1. The predicted octanol–water partition coefficient (Wildman–Crippen LogP) is 6.04. The highest BCUT2D eigenvalue weighted by molar-refractivity contribution is 6.19. The van der Waals surface area contributed by atoms with Gasteiger partial charge in [-0.25, -0.2) is 4.68 Å². The molecule has 0 bridgehead atoms. The molecule has 0 atom stereocenters. The second-order valence-electron chi connectivity index (χ2n) is 10.3. The molecule has 9 heteroatoms. The summed E-state index contributed by atoms with van der Waals surface area (Å²) >= 11 is 0. The normalized spacial score (nSPS) is 14.3. The Balaban J connectivity index is 1.70. The lowest BCUT2D eigenvalue weighted by Gasteiger charge is -2.27. The first-order valence-corrected chi connectivity index (χ1v) is 14.5. The van der Waals surface area contributed by atoms with Gasteiger partial charge in [-0.05, 0) is 67.8 Å². The highest BCUT2D eigenvalue weighted by Crippen LogP contribution is 2.32. The molecule has 4 rings (SSSR count). The zero-order valence-corrected chi connectivity index (χ0v) is 24.8. The molecule has 0 radical (unpaired) electrons. The van der Waals surface area contributed by atoms with Crippen LogP contribution in [-0.4, -0.2) is 52.2 Å². The van der Waals surface area contributed by atoms with E-state index in [0.29, 0.717) is 23.4 Å². The molecular weight excluding hydrogens is 544 g/mol. The number of amides is 2. The van der Waals surface area contributed by atoms with E-state index in [0.717, 1.165) is 34.7 Å². The van der Waals surface area contributed by atoms with Crippen molar-refractivity contribution in [2.45, 2.75) is 52.9 Å². The summed E-state index contributed by atoms with van der Waals surface area (Å²) in [6.07, 6.45) is 8.27. The maximum Gasteiger partial charge on any atom is 0.302 e. The van der Waals surface area contributed by atoms with Crippen molar-refractivity contribution in [1.29, 1.82) is 5.26 Å². The number of carbonyl (C=O) groups is 3. The average molecular weight is 581 g/mol. The molecule has 0 spiro atoms. The van der Waals surface area contributed by atoms with Gasteiger partial charge in [0.05, 0.1) is 24.6 Å². The summed E-state index contributed by atoms with van der Waals surface area (Å²) in [5.41, 5.74) is 3.36. The Labute approximate surface area is 252 Å². The lowest BCUT2D eigenvalue weighted by Crippen LogP contribution is -2.43. The minimum atomic E-state index is -0.657. The van der Waals surface area contributed by atoms with Crippen LogP contribution in [0.1, 0.15) is 58.4 Å². The van der Waals surface area contributed by atoms with Gasteiger partial charge in [-0.15, -0.1) is 0 Å². The van der Waals surface area contributed by atoms with Gasteiger partial charge in [0.2, 0.25) is 0 Å². The summed E-state index contributed by atoms with van der Waals surface area (Å²) in [6.45, 7) is 5.80. The summed E-state index contributed by atoms with van der Waals surface area (Å²) in [5.74, 6) is -0.852. The van der Waals surface area contributed by atoms with Crippen LogP contribution < -0.4 is 4.74 Å². The highest BCUT2D eigenvalue weighted by Gasteiger charge is 2.35. The SMILES string of the molecule is CCCCCCOc1ccc(-c2nn(-c3ccccc3)cc2/C=C2/C(=O)N(CCCOC(C)=O)C(=O)C(C#N)=C2C)cc1. The van der Waals surface area contributed by atoms with Crippen LogP contribution >= 0.6 is 0 Å². The largest absolute Gasteiger partial charge is 0.494 e. The van der Waals surface area contributed by atoms with Crippen LogP contribution in [0.2, 0.25) is 0 Å². The number of rotatable bonds is 13. The molecule has 9 nitrogen and oxygen atoms in total. The molecule has 1 aromatic heterocycles. The third kappa shape index (κ3) is 7.66. The molecule has 3 aromatic rings. The number of carbonyl (C=O) groups excluding carboxylic acids is 3. The minimum Gasteiger partial charge on any atom is -0.494 e. The van der Waals surface area contributed by atoms with E-state index in [1.165, 1.54) is 19.8 Å². The second kappa shape index (κ2) is 14.8. The number of hydrogen-bond acceptors (Lipinski definition) is 7. The van der Waals surface area contributed by atoms with Gasteiger partial charge in [0.15, 0.2) is 0 Å². The first kappa shape index (κ1) is 31.0. The molecule has 0 aliphatic carbocycles. The lowest BCUT2D eigenvalue weighted by atomic mass is 9.93. The predicted molar refractivity (Wildman–Crippen MR) is 163 cm³/mol. The number of esters is 1. The number of unbranched alkanes of at least 4 members (excludes halogenated alkanes) is 3. The van der Waals surface area contributed by atoms with E-state index in [-0.39, 0.29) is 30.7 Å². The first-order valence-electron chi connectivity index (χ1n) is 14.5. The van der Waals surface area contributed by atoms with Crippen LogP contribution in [0, 0.1) is 11.3 Å². The standard InChI is InChI=1S/C34H36N4O5/c1-4-5-6-10-19-43-29-16-14-26(15-17-29)32-27(23-38(36-32)28-12-8-7-9-13-28)21-30-24(2)31(22-35)34(41)37(33(30)40)18-11-20-42-25(3)39/h7-9,12-17,21,23H,4-6,10-11,18-20H2,1-3H3/b30-21+. The Kier molecular flexibility index (Phi) is 10.6. The van der Waals surface area contributed by atoms with E-state index >= 15 is 0 Å². The number of para-hydroxylation sites is 1. The molecular formula is C34H36N4O5. The Morgan fingerprint density at radius 1 is 0.977 bits per heavy atom. The fourth-order valence-electron chi connectivity index (χ4n) is 4.79. The average Bonchev–Trinajstić information content (AvgIpc) is 3.43. The van der Waals surface area contributed by atoms with Gasteiger partial charge in [0, 0.05) is 36.4 Å². The maximum absolute atomic E-state index is 13.6. The van der Waals surface area contributed by atoms with Gasteiger partial charge in [-0.2, -0.15) is 10.4 Å². The van der Waals surface area contributed by atoms with Crippen molar-refractivity contribution in [2.75, 3.05) is 19.8 Å². The molecule has 0 saturated heterocycles. The molecule has 1 aliphatic heterocycles. The highest BCUT2D eigenvalue weighted by atomic mass is 16.5. The van der Waals surface area contributed by atoms with E-state index in [1.54, 1.807) is 17.7 Å². The molecule has 1 aliphatic rings. The van der Waals surface area contributed by atoms with Crippen molar-refractivity contribution in [3.05, 3.63) is 83.1 Å². The molecule has 0 saturated carbocycles. The van der Waals surface area contributed by atoms with Gasteiger partial charge in [-0.3, -0.25) is 19.3 Å². The van der Waals surface area contributed by atoms with Crippen molar-refractivity contribution >= 4 is 23.9 Å². The minimum absolute atomic E-state index is 0.0107. The molecule has 2 heterocycles.